The van der Waals surface area contributed by atoms with Gasteiger partial charge in [-0.25, -0.2) is 0 Å². The number of carbonyl (C=O) groups is 2. The Morgan fingerprint density at radius 1 is 1.30 bits per heavy atom. The number of aromatic nitrogens is 3. The minimum atomic E-state index is -0.420. The van der Waals surface area contributed by atoms with E-state index in [1.807, 2.05) is 37.4 Å². The van der Waals surface area contributed by atoms with E-state index in [1.54, 1.807) is 15.8 Å². The second-order valence-corrected chi connectivity index (χ2v) is 5.97. The second kappa shape index (κ2) is 8.33. The summed E-state index contributed by atoms with van der Waals surface area (Å²) in [6, 6.07) is 9.64. The fourth-order valence-electron chi connectivity index (χ4n) is 1.96. The molecule has 1 heterocycles. The monoisotopic (exact) mass is 333 g/mol. The van der Waals surface area contributed by atoms with Crippen LogP contribution in [0.2, 0.25) is 0 Å². The number of carbonyl (C=O) groups excluding carboxylic acids is 2. The summed E-state index contributed by atoms with van der Waals surface area (Å²) in [6.07, 6.45) is 1.73. The third kappa shape index (κ3) is 5.41. The third-order valence-corrected chi connectivity index (χ3v) is 4.21. The first-order chi connectivity index (χ1) is 11.1. The van der Waals surface area contributed by atoms with Crippen molar-refractivity contribution in [3.05, 3.63) is 42.2 Å². The van der Waals surface area contributed by atoms with Crippen molar-refractivity contribution < 1.29 is 9.59 Å². The largest absolute Gasteiger partial charge is 0.370 e. The number of hydrogen-bond acceptors (Lipinski definition) is 5. The van der Waals surface area contributed by atoms with Gasteiger partial charge in [0.15, 0.2) is 5.16 Å². The Morgan fingerprint density at radius 3 is 2.65 bits per heavy atom. The number of hydrogen-bond donors (Lipinski definition) is 1. The standard InChI is InChI=1S/C15H19N5O2S/c1-19-11-17-18-15(19)23-10-14(22)20(8-7-13(16)21)9-12-5-3-2-4-6-12/h2-6,11H,7-10H2,1H3,(H2,16,21). The summed E-state index contributed by atoms with van der Waals surface area (Å²) in [5, 5.41) is 8.39. The lowest BCUT2D eigenvalue weighted by atomic mass is 10.2. The van der Waals surface area contributed by atoms with E-state index in [0.29, 0.717) is 18.2 Å². The van der Waals surface area contributed by atoms with Crippen LogP contribution in [0.3, 0.4) is 0 Å². The smallest absolute Gasteiger partial charge is 0.233 e. The van der Waals surface area contributed by atoms with Crippen molar-refractivity contribution >= 4 is 23.6 Å². The summed E-state index contributed by atoms with van der Waals surface area (Å²) in [5.41, 5.74) is 6.21. The molecule has 0 unspecified atom stereocenters. The molecule has 0 atom stereocenters. The van der Waals surface area contributed by atoms with Crippen LogP contribution in [-0.4, -0.2) is 43.8 Å². The predicted octanol–water partition coefficient (Wildman–Crippen LogP) is 0.811. The molecular weight excluding hydrogens is 314 g/mol. The SMILES string of the molecule is Cn1cnnc1SCC(=O)N(CCC(N)=O)Cc1ccccc1. The predicted molar refractivity (Wildman–Crippen MR) is 87.4 cm³/mol. The van der Waals surface area contributed by atoms with E-state index in [0.717, 1.165) is 5.56 Å². The van der Waals surface area contributed by atoms with Gasteiger partial charge in [0.05, 0.1) is 5.75 Å². The molecule has 23 heavy (non-hydrogen) atoms. The highest BCUT2D eigenvalue weighted by molar-refractivity contribution is 7.99. The molecule has 2 rings (SSSR count). The maximum absolute atomic E-state index is 12.5. The second-order valence-electron chi connectivity index (χ2n) is 5.03. The highest BCUT2D eigenvalue weighted by Gasteiger charge is 2.16. The van der Waals surface area contributed by atoms with Crippen molar-refractivity contribution in [2.75, 3.05) is 12.3 Å². The molecule has 8 heteroatoms. The number of rotatable bonds is 8. The topological polar surface area (TPSA) is 94.1 Å². The Hall–Kier alpha value is -2.35. The van der Waals surface area contributed by atoms with E-state index in [-0.39, 0.29) is 18.1 Å². The summed E-state index contributed by atoms with van der Waals surface area (Å²) in [7, 11) is 1.82. The Balaban J connectivity index is 1.98. The molecule has 0 saturated carbocycles. The molecule has 7 nitrogen and oxygen atoms in total. The first-order valence-electron chi connectivity index (χ1n) is 7.13. The zero-order valence-electron chi connectivity index (χ0n) is 12.9. The van der Waals surface area contributed by atoms with Crippen LogP contribution >= 0.6 is 11.8 Å². The van der Waals surface area contributed by atoms with E-state index in [4.69, 9.17) is 5.73 Å². The van der Waals surface area contributed by atoms with Crippen molar-refractivity contribution in [2.24, 2.45) is 12.8 Å². The fourth-order valence-corrected chi connectivity index (χ4v) is 2.75. The lowest BCUT2D eigenvalue weighted by Crippen LogP contribution is -2.34. The molecule has 0 spiro atoms. The molecular formula is C15H19N5O2S. The van der Waals surface area contributed by atoms with Crippen LogP contribution in [0.25, 0.3) is 0 Å². The summed E-state index contributed by atoms with van der Waals surface area (Å²) in [5.74, 6) is -0.252. The van der Waals surface area contributed by atoms with E-state index in [2.05, 4.69) is 10.2 Å². The van der Waals surface area contributed by atoms with E-state index in [9.17, 15) is 9.59 Å². The summed E-state index contributed by atoms with van der Waals surface area (Å²) in [4.78, 5) is 25.1. The molecule has 122 valence electrons. The Labute approximate surface area is 138 Å². The Kier molecular flexibility index (Phi) is 6.16. The van der Waals surface area contributed by atoms with Crippen LogP contribution in [0.5, 0.6) is 0 Å². The molecule has 2 aromatic rings. The number of aryl methyl sites for hydroxylation is 1. The molecule has 0 radical (unpaired) electrons. The van der Waals surface area contributed by atoms with Gasteiger partial charge in [0.2, 0.25) is 11.8 Å². The minimum Gasteiger partial charge on any atom is -0.370 e. The zero-order chi connectivity index (χ0) is 16.7. The normalized spacial score (nSPS) is 10.5. The first kappa shape index (κ1) is 17.0. The zero-order valence-corrected chi connectivity index (χ0v) is 13.7. The van der Waals surface area contributed by atoms with Crippen molar-refractivity contribution in [1.82, 2.24) is 19.7 Å². The summed E-state index contributed by atoms with van der Waals surface area (Å²) < 4.78 is 1.75. The molecule has 0 aliphatic heterocycles. The van der Waals surface area contributed by atoms with Crippen molar-refractivity contribution in [3.63, 3.8) is 0 Å². The maximum Gasteiger partial charge on any atom is 0.233 e. The van der Waals surface area contributed by atoms with Crippen LogP contribution in [0.4, 0.5) is 0 Å². The minimum absolute atomic E-state index is 0.0666. The lowest BCUT2D eigenvalue weighted by molar-refractivity contribution is -0.129. The molecule has 0 bridgehead atoms. The number of benzene rings is 1. The lowest BCUT2D eigenvalue weighted by Gasteiger charge is -2.22. The van der Waals surface area contributed by atoms with Crippen LogP contribution in [-0.2, 0) is 23.2 Å². The first-order valence-corrected chi connectivity index (χ1v) is 8.11. The number of primary amides is 1. The van der Waals surface area contributed by atoms with Crippen molar-refractivity contribution in [3.8, 4) is 0 Å². The highest BCUT2D eigenvalue weighted by Crippen LogP contribution is 2.15. The van der Waals surface area contributed by atoms with Crippen LogP contribution in [0, 0.1) is 0 Å². The molecule has 0 saturated heterocycles. The molecule has 0 aliphatic carbocycles. The van der Waals surface area contributed by atoms with Crippen LogP contribution in [0.15, 0.2) is 41.8 Å². The van der Waals surface area contributed by atoms with Gasteiger partial charge in [-0.3, -0.25) is 9.59 Å². The van der Waals surface area contributed by atoms with Crippen LogP contribution in [0.1, 0.15) is 12.0 Å². The van der Waals surface area contributed by atoms with E-state index in [1.165, 1.54) is 11.8 Å². The van der Waals surface area contributed by atoms with Crippen LogP contribution < -0.4 is 5.73 Å². The quantitative estimate of drug-likeness (QED) is 0.722. The molecule has 2 amide bonds. The molecule has 0 fully saturated rings. The van der Waals surface area contributed by atoms with Gasteiger partial charge in [-0.05, 0) is 5.56 Å². The third-order valence-electron chi connectivity index (χ3n) is 3.19. The maximum atomic E-state index is 12.5. The number of thioether (sulfide) groups is 1. The highest BCUT2D eigenvalue weighted by atomic mass is 32.2. The van der Waals surface area contributed by atoms with Gasteiger partial charge in [-0.15, -0.1) is 10.2 Å². The van der Waals surface area contributed by atoms with Gasteiger partial charge in [0.1, 0.15) is 6.33 Å². The van der Waals surface area contributed by atoms with E-state index < -0.39 is 5.91 Å². The summed E-state index contributed by atoms with van der Waals surface area (Å²) >= 11 is 1.32. The van der Waals surface area contributed by atoms with E-state index >= 15 is 0 Å². The molecule has 1 aromatic heterocycles. The van der Waals surface area contributed by atoms with Gasteiger partial charge in [0, 0.05) is 26.6 Å². The number of nitrogens with zero attached hydrogens (tertiary/aromatic N) is 4. The van der Waals surface area contributed by atoms with Crippen molar-refractivity contribution in [1.29, 1.82) is 0 Å². The van der Waals surface area contributed by atoms with Gasteiger partial charge in [-0.2, -0.15) is 0 Å². The Bertz CT molecular complexity index is 659. The van der Waals surface area contributed by atoms with Gasteiger partial charge in [-0.1, -0.05) is 42.1 Å². The fraction of sp³-hybridized carbons (Fsp3) is 0.333. The Morgan fingerprint density at radius 2 is 2.04 bits per heavy atom. The number of nitrogens with two attached hydrogens (primary N) is 1. The summed E-state index contributed by atoms with van der Waals surface area (Å²) in [6.45, 7) is 0.759. The molecule has 1 aromatic carbocycles. The molecule has 2 N–H and O–H groups in total. The molecule has 0 aliphatic rings. The van der Waals surface area contributed by atoms with Gasteiger partial charge < -0.3 is 15.2 Å². The van der Waals surface area contributed by atoms with Gasteiger partial charge in [0.25, 0.3) is 0 Å². The number of amides is 2. The van der Waals surface area contributed by atoms with Crippen molar-refractivity contribution in [2.45, 2.75) is 18.1 Å². The van der Waals surface area contributed by atoms with Gasteiger partial charge >= 0.3 is 0 Å². The average molecular weight is 333 g/mol. The average Bonchev–Trinajstić information content (AvgIpc) is 2.95.